The van der Waals surface area contributed by atoms with Crippen molar-refractivity contribution in [2.45, 2.75) is 32.7 Å². The lowest BCUT2D eigenvalue weighted by Gasteiger charge is -2.05. The highest BCUT2D eigenvalue weighted by Gasteiger charge is 2.17. The van der Waals surface area contributed by atoms with Gasteiger partial charge in [-0.3, -0.25) is 9.48 Å². The standard InChI is InChI=1S/C25H26N4OS/c1-19-18-31-23(27-19)14-8-9-15-26-25(30)22-17-29(16-20-10-4-2-5-11-20)28-24(22)21-12-6-3-7-13-21/h2-7,10-13,17-18H,8-9,14-16H2,1H3,(H,26,30). The molecule has 2 aromatic heterocycles. The maximum atomic E-state index is 13.0. The lowest BCUT2D eigenvalue weighted by molar-refractivity contribution is 0.0953. The normalized spacial score (nSPS) is 10.9. The number of hydrogen-bond acceptors (Lipinski definition) is 4. The summed E-state index contributed by atoms with van der Waals surface area (Å²) in [7, 11) is 0. The minimum absolute atomic E-state index is 0.0803. The molecule has 0 aliphatic heterocycles. The Kier molecular flexibility index (Phi) is 6.89. The number of hydrogen-bond donors (Lipinski definition) is 1. The van der Waals surface area contributed by atoms with E-state index in [1.54, 1.807) is 11.3 Å². The van der Waals surface area contributed by atoms with Crippen molar-refractivity contribution in [2.75, 3.05) is 6.54 Å². The second-order valence-corrected chi connectivity index (χ2v) is 8.48. The Labute approximate surface area is 186 Å². The third kappa shape index (κ3) is 5.67. The fourth-order valence-corrected chi connectivity index (χ4v) is 4.28. The van der Waals surface area contributed by atoms with Crippen molar-refractivity contribution in [3.05, 3.63) is 94.1 Å². The molecule has 5 nitrogen and oxygen atoms in total. The van der Waals surface area contributed by atoms with Crippen LogP contribution in [0.25, 0.3) is 11.3 Å². The average molecular weight is 431 g/mol. The van der Waals surface area contributed by atoms with Gasteiger partial charge in [0, 0.05) is 29.4 Å². The smallest absolute Gasteiger partial charge is 0.255 e. The number of nitrogens with zero attached hydrogens (tertiary/aromatic N) is 3. The van der Waals surface area contributed by atoms with E-state index in [0.717, 1.165) is 41.1 Å². The monoisotopic (exact) mass is 430 g/mol. The first-order valence-corrected chi connectivity index (χ1v) is 11.4. The van der Waals surface area contributed by atoms with Gasteiger partial charge in [0.25, 0.3) is 5.91 Å². The van der Waals surface area contributed by atoms with Gasteiger partial charge in [-0.15, -0.1) is 11.3 Å². The number of rotatable bonds is 9. The van der Waals surface area contributed by atoms with Gasteiger partial charge in [0.05, 0.1) is 17.1 Å². The summed E-state index contributed by atoms with van der Waals surface area (Å²) in [5, 5.41) is 11.0. The molecule has 6 heteroatoms. The Morgan fingerprint density at radius 1 is 1.03 bits per heavy atom. The SMILES string of the molecule is Cc1csc(CCCCNC(=O)c2cn(Cc3ccccc3)nc2-c2ccccc2)n1. The van der Waals surface area contributed by atoms with E-state index in [4.69, 9.17) is 5.10 Å². The minimum atomic E-state index is -0.0803. The largest absolute Gasteiger partial charge is 0.352 e. The average Bonchev–Trinajstić information content (AvgIpc) is 3.41. The zero-order chi connectivity index (χ0) is 21.5. The molecule has 4 aromatic rings. The van der Waals surface area contributed by atoms with E-state index in [-0.39, 0.29) is 5.91 Å². The molecule has 0 aliphatic carbocycles. The van der Waals surface area contributed by atoms with Crippen LogP contribution in [0.1, 0.15) is 39.5 Å². The van der Waals surface area contributed by atoms with Crippen LogP contribution in [0.4, 0.5) is 0 Å². The molecule has 0 bridgehead atoms. The third-order valence-electron chi connectivity index (χ3n) is 5.01. The van der Waals surface area contributed by atoms with Gasteiger partial charge in [0.1, 0.15) is 5.69 Å². The Morgan fingerprint density at radius 3 is 2.48 bits per heavy atom. The maximum Gasteiger partial charge on any atom is 0.255 e. The molecule has 0 saturated carbocycles. The molecule has 0 fully saturated rings. The zero-order valence-corrected chi connectivity index (χ0v) is 18.4. The predicted molar refractivity (Wildman–Crippen MR) is 125 cm³/mol. The molecule has 0 aliphatic rings. The number of thiazole rings is 1. The number of amides is 1. The van der Waals surface area contributed by atoms with Crippen LogP contribution in [-0.4, -0.2) is 27.2 Å². The van der Waals surface area contributed by atoms with Crippen molar-refractivity contribution in [1.82, 2.24) is 20.1 Å². The first-order valence-electron chi connectivity index (χ1n) is 10.5. The predicted octanol–water partition coefficient (Wildman–Crippen LogP) is 5.12. The van der Waals surface area contributed by atoms with Gasteiger partial charge in [-0.2, -0.15) is 5.10 Å². The summed E-state index contributed by atoms with van der Waals surface area (Å²) >= 11 is 1.70. The second-order valence-electron chi connectivity index (χ2n) is 7.54. The fraction of sp³-hybridized carbons (Fsp3) is 0.240. The molecule has 31 heavy (non-hydrogen) atoms. The van der Waals surface area contributed by atoms with Crippen molar-refractivity contribution in [3.63, 3.8) is 0 Å². The summed E-state index contributed by atoms with van der Waals surface area (Å²) in [6, 6.07) is 20.0. The lowest BCUT2D eigenvalue weighted by Crippen LogP contribution is -2.24. The summed E-state index contributed by atoms with van der Waals surface area (Å²) < 4.78 is 1.84. The molecule has 158 valence electrons. The molecule has 2 heterocycles. The van der Waals surface area contributed by atoms with E-state index >= 15 is 0 Å². The molecular weight excluding hydrogens is 404 g/mol. The molecule has 1 amide bonds. The van der Waals surface area contributed by atoms with E-state index in [2.05, 4.69) is 27.8 Å². The van der Waals surface area contributed by atoms with Crippen LogP contribution in [0.2, 0.25) is 0 Å². The molecule has 0 spiro atoms. The summed E-state index contributed by atoms with van der Waals surface area (Å²) in [5.74, 6) is -0.0803. The molecule has 0 atom stereocenters. The van der Waals surface area contributed by atoms with Gasteiger partial charge >= 0.3 is 0 Å². The Bertz CT molecular complexity index is 1120. The van der Waals surface area contributed by atoms with Crippen molar-refractivity contribution < 1.29 is 4.79 Å². The van der Waals surface area contributed by atoms with Crippen LogP contribution >= 0.6 is 11.3 Å². The summed E-state index contributed by atoms with van der Waals surface area (Å²) in [6.45, 7) is 3.28. The quantitative estimate of drug-likeness (QED) is 0.375. The molecule has 2 aromatic carbocycles. The van der Waals surface area contributed by atoms with E-state index in [1.807, 2.05) is 66.3 Å². The summed E-state index contributed by atoms with van der Waals surface area (Å²) in [4.78, 5) is 17.5. The number of aromatic nitrogens is 3. The molecule has 0 unspecified atom stereocenters. The van der Waals surface area contributed by atoms with Crippen LogP contribution in [0.15, 0.2) is 72.2 Å². The van der Waals surface area contributed by atoms with E-state index in [1.165, 1.54) is 0 Å². The van der Waals surface area contributed by atoms with Gasteiger partial charge in [0.2, 0.25) is 0 Å². The summed E-state index contributed by atoms with van der Waals surface area (Å²) in [5.41, 5.74) is 4.49. The van der Waals surface area contributed by atoms with E-state index in [0.29, 0.717) is 24.3 Å². The molecule has 4 rings (SSSR count). The minimum Gasteiger partial charge on any atom is -0.352 e. The molecule has 0 saturated heterocycles. The number of carbonyl (C=O) groups excluding carboxylic acids is 1. The number of nitrogens with one attached hydrogen (secondary N) is 1. The number of aryl methyl sites for hydroxylation is 2. The zero-order valence-electron chi connectivity index (χ0n) is 17.6. The van der Waals surface area contributed by atoms with Crippen LogP contribution in [0.3, 0.4) is 0 Å². The van der Waals surface area contributed by atoms with Crippen LogP contribution in [0, 0.1) is 6.92 Å². The number of carbonyl (C=O) groups is 1. The van der Waals surface area contributed by atoms with Crippen LogP contribution < -0.4 is 5.32 Å². The van der Waals surface area contributed by atoms with E-state index < -0.39 is 0 Å². The van der Waals surface area contributed by atoms with Gasteiger partial charge in [-0.1, -0.05) is 60.7 Å². The van der Waals surface area contributed by atoms with Gasteiger partial charge in [-0.05, 0) is 31.7 Å². The van der Waals surface area contributed by atoms with Gasteiger partial charge in [0.15, 0.2) is 0 Å². The number of benzene rings is 2. The van der Waals surface area contributed by atoms with Crippen molar-refractivity contribution in [1.29, 1.82) is 0 Å². The highest BCUT2D eigenvalue weighted by atomic mass is 32.1. The second kappa shape index (κ2) is 10.2. The summed E-state index contributed by atoms with van der Waals surface area (Å²) in [6.07, 6.45) is 4.73. The third-order valence-corrected chi connectivity index (χ3v) is 6.04. The van der Waals surface area contributed by atoms with Gasteiger partial charge in [-0.25, -0.2) is 4.98 Å². The number of unbranched alkanes of at least 4 members (excludes halogenated alkanes) is 1. The molecule has 0 radical (unpaired) electrons. The maximum absolute atomic E-state index is 13.0. The lowest BCUT2D eigenvalue weighted by atomic mass is 10.1. The van der Waals surface area contributed by atoms with E-state index in [9.17, 15) is 4.79 Å². The van der Waals surface area contributed by atoms with Gasteiger partial charge < -0.3 is 5.32 Å². The molecular formula is C25H26N4OS. The topological polar surface area (TPSA) is 59.8 Å². The first-order chi connectivity index (χ1) is 15.2. The van der Waals surface area contributed by atoms with Crippen LogP contribution in [-0.2, 0) is 13.0 Å². The molecule has 1 N–H and O–H groups in total. The Morgan fingerprint density at radius 2 is 1.77 bits per heavy atom. The van der Waals surface area contributed by atoms with Crippen molar-refractivity contribution in [3.8, 4) is 11.3 Å². The van der Waals surface area contributed by atoms with Crippen molar-refractivity contribution >= 4 is 17.2 Å². The highest BCUT2D eigenvalue weighted by Crippen LogP contribution is 2.22. The van der Waals surface area contributed by atoms with Crippen LogP contribution in [0.5, 0.6) is 0 Å². The Balaban J connectivity index is 1.42. The fourth-order valence-electron chi connectivity index (χ4n) is 3.46. The first kappa shape index (κ1) is 21.0. The van der Waals surface area contributed by atoms with Crippen molar-refractivity contribution in [2.24, 2.45) is 0 Å². The highest BCUT2D eigenvalue weighted by molar-refractivity contribution is 7.09. The Hall–Kier alpha value is -3.25.